The Morgan fingerprint density at radius 3 is 2.56 bits per heavy atom. The number of hydrogen-bond acceptors (Lipinski definition) is 4. The molecule has 0 amide bonds. The average molecular weight is 266 g/mol. The fraction of sp³-hybridized carbons (Fsp3) is 0.917. The van der Waals surface area contributed by atoms with E-state index in [1.54, 1.807) is 18.9 Å². The van der Waals surface area contributed by atoms with Crippen LogP contribution in [0.3, 0.4) is 0 Å². The highest BCUT2D eigenvalue weighted by Gasteiger charge is 2.32. The first kappa shape index (κ1) is 17.2. The molecule has 0 saturated heterocycles. The summed E-state index contributed by atoms with van der Waals surface area (Å²) in [6, 6.07) is 0. The van der Waals surface area contributed by atoms with Gasteiger partial charge in [0, 0.05) is 0 Å². The number of alkyl halides is 2. The molecule has 0 rings (SSSR count). The molecule has 0 spiro atoms. The minimum atomic E-state index is -2.32. The van der Waals surface area contributed by atoms with Crippen molar-refractivity contribution in [2.24, 2.45) is 0 Å². The highest BCUT2D eigenvalue weighted by molar-refractivity contribution is 5.80. The lowest BCUT2D eigenvalue weighted by Crippen LogP contribution is -2.50. The standard InChI is InChI=1S/C12H24F2N2O2/c1-5-15-12(2,11(17)18-4)7-6-8-16(3)9-10(13)14/h10,15H,5-9H2,1-4H3. The van der Waals surface area contributed by atoms with Crippen molar-refractivity contribution in [3.63, 3.8) is 0 Å². The molecule has 0 bridgehead atoms. The Labute approximate surface area is 108 Å². The molecule has 0 heterocycles. The van der Waals surface area contributed by atoms with E-state index in [1.807, 2.05) is 6.92 Å². The van der Waals surface area contributed by atoms with Gasteiger partial charge in [-0.3, -0.25) is 4.79 Å². The molecule has 1 N–H and O–H groups in total. The zero-order chi connectivity index (χ0) is 14.2. The lowest BCUT2D eigenvalue weighted by molar-refractivity contribution is -0.148. The topological polar surface area (TPSA) is 41.6 Å². The van der Waals surface area contributed by atoms with Crippen LogP contribution in [-0.4, -0.2) is 56.6 Å². The van der Waals surface area contributed by atoms with Crippen LogP contribution in [0.1, 0.15) is 26.7 Å². The van der Waals surface area contributed by atoms with Crippen LogP contribution in [0.4, 0.5) is 8.78 Å². The number of carbonyl (C=O) groups is 1. The SMILES string of the molecule is CCNC(C)(CCCN(C)CC(F)F)C(=O)OC. The molecule has 0 fully saturated rings. The van der Waals surface area contributed by atoms with Crippen LogP contribution < -0.4 is 5.32 Å². The fourth-order valence-electron chi connectivity index (χ4n) is 1.91. The Morgan fingerprint density at radius 1 is 1.50 bits per heavy atom. The maximum atomic E-state index is 12.1. The number of hydrogen-bond donors (Lipinski definition) is 1. The molecular formula is C12H24F2N2O2. The van der Waals surface area contributed by atoms with Gasteiger partial charge < -0.3 is 15.0 Å². The molecule has 0 saturated carbocycles. The van der Waals surface area contributed by atoms with Crippen molar-refractivity contribution < 1.29 is 18.3 Å². The number of rotatable bonds is 9. The summed E-state index contributed by atoms with van der Waals surface area (Å²) in [7, 11) is 3.00. The third-order valence-corrected chi connectivity index (χ3v) is 2.87. The van der Waals surface area contributed by atoms with Crippen LogP contribution >= 0.6 is 0 Å². The Kier molecular flexibility index (Phi) is 8.02. The van der Waals surface area contributed by atoms with Gasteiger partial charge in [0.25, 0.3) is 6.43 Å². The zero-order valence-electron chi connectivity index (χ0n) is 11.6. The number of nitrogens with zero attached hydrogens (tertiary/aromatic N) is 1. The van der Waals surface area contributed by atoms with E-state index in [0.29, 0.717) is 25.9 Å². The first-order chi connectivity index (χ1) is 8.35. The normalized spacial score (nSPS) is 14.9. The second-order valence-corrected chi connectivity index (χ2v) is 4.61. The van der Waals surface area contributed by atoms with E-state index in [1.165, 1.54) is 7.11 Å². The number of nitrogens with one attached hydrogen (secondary N) is 1. The molecule has 0 aliphatic rings. The van der Waals surface area contributed by atoms with Crippen LogP contribution in [0.25, 0.3) is 0 Å². The average Bonchev–Trinajstić information content (AvgIpc) is 2.27. The molecule has 0 aliphatic heterocycles. The predicted octanol–water partition coefficient (Wildman–Crippen LogP) is 1.50. The summed E-state index contributed by atoms with van der Waals surface area (Å²) in [4.78, 5) is 13.2. The van der Waals surface area contributed by atoms with Crippen LogP contribution in [0, 0.1) is 0 Å². The minimum absolute atomic E-state index is 0.240. The number of carbonyl (C=O) groups excluding carboxylic acids is 1. The molecule has 0 aromatic rings. The zero-order valence-corrected chi connectivity index (χ0v) is 11.6. The predicted molar refractivity (Wildman–Crippen MR) is 66.8 cm³/mol. The lowest BCUT2D eigenvalue weighted by Gasteiger charge is -2.28. The van der Waals surface area contributed by atoms with Crippen LogP contribution in [0.2, 0.25) is 0 Å². The smallest absolute Gasteiger partial charge is 0.325 e. The third-order valence-electron chi connectivity index (χ3n) is 2.87. The van der Waals surface area contributed by atoms with Crippen LogP contribution in [0.5, 0.6) is 0 Å². The maximum Gasteiger partial charge on any atom is 0.325 e. The first-order valence-corrected chi connectivity index (χ1v) is 6.16. The van der Waals surface area contributed by atoms with E-state index >= 15 is 0 Å². The largest absolute Gasteiger partial charge is 0.468 e. The Morgan fingerprint density at radius 2 is 2.11 bits per heavy atom. The molecule has 108 valence electrons. The van der Waals surface area contributed by atoms with Crippen LogP contribution in [-0.2, 0) is 9.53 Å². The summed E-state index contributed by atoms with van der Waals surface area (Å²) in [5.74, 6) is -0.319. The summed E-state index contributed by atoms with van der Waals surface area (Å²) in [6.07, 6.45) is -1.11. The molecule has 0 aromatic heterocycles. The quantitative estimate of drug-likeness (QED) is 0.642. The summed E-state index contributed by atoms with van der Waals surface area (Å²) in [5, 5.41) is 3.08. The van der Waals surface area contributed by atoms with Crippen molar-refractivity contribution in [2.45, 2.75) is 38.7 Å². The van der Waals surface area contributed by atoms with E-state index in [4.69, 9.17) is 4.74 Å². The van der Waals surface area contributed by atoms with Crippen LogP contribution in [0.15, 0.2) is 0 Å². The van der Waals surface area contributed by atoms with Gasteiger partial charge in [-0.25, -0.2) is 8.78 Å². The third kappa shape index (κ3) is 6.26. The second-order valence-electron chi connectivity index (χ2n) is 4.61. The van der Waals surface area contributed by atoms with Crippen molar-refractivity contribution in [1.82, 2.24) is 10.2 Å². The fourth-order valence-corrected chi connectivity index (χ4v) is 1.91. The van der Waals surface area contributed by atoms with E-state index in [0.717, 1.165) is 0 Å². The molecule has 0 aliphatic carbocycles. The van der Waals surface area contributed by atoms with E-state index in [-0.39, 0.29) is 12.5 Å². The van der Waals surface area contributed by atoms with Crippen molar-refractivity contribution in [2.75, 3.05) is 33.8 Å². The minimum Gasteiger partial charge on any atom is -0.468 e. The van der Waals surface area contributed by atoms with Gasteiger partial charge in [-0.2, -0.15) is 0 Å². The van der Waals surface area contributed by atoms with Crippen molar-refractivity contribution in [1.29, 1.82) is 0 Å². The number of likely N-dealkylation sites (N-methyl/N-ethyl adjacent to an activating group) is 1. The van der Waals surface area contributed by atoms with E-state index in [9.17, 15) is 13.6 Å². The molecule has 18 heavy (non-hydrogen) atoms. The number of halogens is 2. The maximum absolute atomic E-state index is 12.1. The highest BCUT2D eigenvalue weighted by atomic mass is 19.3. The van der Waals surface area contributed by atoms with Gasteiger partial charge in [0.15, 0.2) is 0 Å². The monoisotopic (exact) mass is 266 g/mol. The summed E-state index contributed by atoms with van der Waals surface area (Å²) in [6.45, 7) is 4.62. The Bertz CT molecular complexity index is 252. The molecular weight excluding hydrogens is 242 g/mol. The highest BCUT2D eigenvalue weighted by Crippen LogP contribution is 2.14. The van der Waals surface area contributed by atoms with Gasteiger partial charge in [-0.1, -0.05) is 6.92 Å². The summed E-state index contributed by atoms with van der Waals surface area (Å²) in [5.41, 5.74) is -0.741. The van der Waals surface area contributed by atoms with Crippen molar-refractivity contribution >= 4 is 5.97 Å². The lowest BCUT2D eigenvalue weighted by atomic mass is 9.95. The van der Waals surface area contributed by atoms with Gasteiger partial charge in [-0.15, -0.1) is 0 Å². The molecule has 0 aromatic carbocycles. The van der Waals surface area contributed by atoms with Crippen molar-refractivity contribution in [3.8, 4) is 0 Å². The number of ether oxygens (including phenoxy) is 1. The van der Waals surface area contributed by atoms with E-state index in [2.05, 4.69) is 5.32 Å². The van der Waals surface area contributed by atoms with Gasteiger partial charge in [0.1, 0.15) is 5.54 Å². The van der Waals surface area contributed by atoms with E-state index < -0.39 is 12.0 Å². The molecule has 1 atom stereocenters. The van der Waals surface area contributed by atoms with Gasteiger partial charge in [0.2, 0.25) is 0 Å². The first-order valence-electron chi connectivity index (χ1n) is 6.16. The summed E-state index contributed by atoms with van der Waals surface area (Å²) >= 11 is 0. The van der Waals surface area contributed by atoms with Crippen molar-refractivity contribution in [3.05, 3.63) is 0 Å². The molecule has 6 heteroatoms. The number of methoxy groups -OCH3 is 1. The number of esters is 1. The Balaban J connectivity index is 4.16. The summed E-state index contributed by atoms with van der Waals surface area (Å²) < 4.78 is 29.0. The molecule has 0 radical (unpaired) electrons. The van der Waals surface area contributed by atoms with Gasteiger partial charge in [0.05, 0.1) is 13.7 Å². The van der Waals surface area contributed by atoms with Gasteiger partial charge >= 0.3 is 5.97 Å². The molecule has 1 unspecified atom stereocenters. The molecule has 4 nitrogen and oxygen atoms in total. The Hall–Kier alpha value is -0.750. The van der Waals surface area contributed by atoms with Gasteiger partial charge in [-0.05, 0) is 39.9 Å². The second kappa shape index (κ2) is 8.37.